The van der Waals surface area contributed by atoms with Crippen LogP contribution in [0.3, 0.4) is 0 Å². The Morgan fingerprint density at radius 2 is 1.71 bits per heavy atom. The van der Waals surface area contributed by atoms with E-state index in [0.29, 0.717) is 5.56 Å². The molecule has 0 aromatic heterocycles. The van der Waals surface area contributed by atoms with E-state index in [2.05, 4.69) is 5.32 Å². The van der Waals surface area contributed by atoms with Gasteiger partial charge in [0, 0.05) is 23.3 Å². The number of benzene rings is 2. The van der Waals surface area contributed by atoms with Gasteiger partial charge in [0.25, 0.3) is 11.6 Å². The maximum Gasteiger partial charge on any atom is 0.270 e. The van der Waals surface area contributed by atoms with Crippen molar-refractivity contribution in [2.45, 2.75) is 19.9 Å². The van der Waals surface area contributed by atoms with E-state index in [9.17, 15) is 24.1 Å². The van der Waals surface area contributed by atoms with E-state index < -0.39 is 16.9 Å². The van der Waals surface area contributed by atoms with Crippen molar-refractivity contribution >= 4 is 17.4 Å². The number of nitro benzene ring substituents is 1. The summed E-state index contributed by atoms with van der Waals surface area (Å²) < 4.78 is 12.9. The van der Waals surface area contributed by atoms with E-state index in [1.165, 1.54) is 37.3 Å². The zero-order chi connectivity index (χ0) is 17.9. The molecule has 7 heteroatoms. The zero-order valence-electron chi connectivity index (χ0n) is 13.1. The molecule has 0 aliphatic heterocycles. The maximum absolute atomic E-state index is 12.9. The van der Waals surface area contributed by atoms with Crippen molar-refractivity contribution in [1.29, 1.82) is 0 Å². The van der Waals surface area contributed by atoms with Gasteiger partial charge in [-0.15, -0.1) is 0 Å². The van der Waals surface area contributed by atoms with Crippen molar-refractivity contribution in [3.8, 4) is 0 Å². The standard InChI is InChI=1S/C17H15FN2O4/c1-10(12-3-5-15(18)6-4-12)19-17(22)14-7-13(11(2)21)8-16(9-14)20(23)24/h3-10H,1-2H3,(H,19,22)/t10-/m1/s1. The summed E-state index contributed by atoms with van der Waals surface area (Å²) in [4.78, 5) is 34.1. The lowest BCUT2D eigenvalue weighted by Gasteiger charge is -2.14. The number of carbonyl (C=O) groups excluding carboxylic acids is 2. The lowest BCUT2D eigenvalue weighted by molar-refractivity contribution is -0.384. The Morgan fingerprint density at radius 3 is 2.25 bits per heavy atom. The fourth-order valence-corrected chi connectivity index (χ4v) is 2.17. The molecular weight excluding hydrogens is 315 g/mol. The van der Waals surface area contributed by atoms with E-state index in [1.807, 2.05) is 0 Å². The number of nitrogens with one attached hydrogen (secondary N) is 1. The lowest BCUT2D eigenvalue weighted by Crippen LogP contribution is -2.27. The van der Waals surface area contributed by atoms with Gasteiger partial charge in [0.05, 0.1) is 11.0 Å². The molecule has 0 unspecified atom stereocenters. The normalized spacial score (nSPS) is 11.6. The Hall–Kier alpha value is -3.09. The van der Waals surface area contributed by atoms with E-state index >= 15 is 0 Å². The van der Waals surface area contributed by atoms with Crippen LogP contribution in [-0.4, -0.2) is 16.6 Å². The van der Waals surface area contributed by atoms with Crippen molar-refractivity contribution in [2.24, 2.45) is 0 Å². The highest BCUT2D eigenvalue weighted by atomic mass is 19.1. The SMILES string of the molecule is CC(=O)c1cc(C(=O)N[C@H](C)c2ccc(F)cc2)cc([N+](=O)[O-])c1. The number of carbonyl (C=O) groups is 2. The molecule has 0 heterocycles. The summed E-state index contributed by atoms with van der Waals surface area (Å²) >= 11 is 0. The molecule has 0 saturated carbocycles. The Morgan fingerprint density at radius 1 is 1.12 bits per heavy atom. The van der Waals surface area contributed by atoms with Crippen molar-refractivity contribution in [2.75, 3.05) is 0 Å². The second-order valence-corrected chi connectivity index (χ2v) is 5.33. The number of halogens is 1. The Labute approximate surface area is 137 Å². The van der Waals surface area contributed by atoms with Crippen LogP contribution in [0.25, 0.3) is 0 Å². The molecule has 0 spiro atoms. The van der Waals surface area contributed by atoms with Crippen LogP contribution in [0.2, 0.25) is 0 Å². The minimum atomic E-state index is -0.660. The lowest BCUT2D eigenvalue weighted by atomic mass is 10.0. The third kappa shape index (κ3) is 4.01. The Kier molecular flexibility index (Phi) is 5.03. The van der Waals surface area contributed by atoms with Crippen molar-refractivity contribution in [3.05, 3.63) is 75.1 Å². The first-order valence-corrected chi connectivity index (χ1v) is 7.14. The van der Waals surface area contributed by atoms with E-state index in [-0.39, 0.29) is 28.4 Å². The van der Waals surface area contributed by atoms with E-state index in [4.69, 9.17) is 0 Å². The summed E-state index contributed by atoms with van der Waals surface area (Å²) in [6, 6.07) is 8.74. The van der Waals surface area contributed by atoms with Gasteiger partial charge < -0.3 is 5.32 Å². The van der Waals surface area contributed by atoms with Crippen LogP contribution in [0, 0.1) is 15.9 Å². The summed E-state index contributed by atoms with van der Waals surface area (Å²) in [5.74, 6) is -1.32. The number of Topliss-reactive ketones (excluding diaryl/α,β-unsaturated/α-hetero) is 1. The van der Waals surface area contributed by atoms with Crippen LogP contribution >= 0.6 is 0 Å². The third-order valence-electron chi connectivity index (χ3n) is 3.51. The second-order valence-electron chi connectivity index (χ2n) is 5.33. The number of nitrogens with zero attached hydrogens (tertiary/aromatic N) is 1. The predicted octanol–water partition coefficient (Wildman–Crippen LogP) is 3.43. The molecule has 124 valence electrons. The van der Waals surface area contributed by atoms with Crippen LogP contribution in [0.5, 0.6) is 0 Å². The monoisotopic (exact) mass is 330 g/mol. The summed E-state index contributed by atoms with van der Waals surface area (Å²) in [5, 5.41) is 13.6. The van der Waals surface area contributed by atoms with Gasteiger partial charge in [-0.3, -0.25) is 19.7 Å². The number of nitro groups is 1. The van der Waals surface area contributed by atoms with Crippen LogP contribution in [0.15, 0.2) is 42.5 Å². The molecule has 1 amide bonds. The van der Waals surface area contributed by atoms with Gasteiger partial charge in [-0.25, -0.2) is 4.39 Å². The fraction of sp³-hybridized carbons (Fsp3) is 0.176. The van der Waals surface area contributed by atoms with E-state index in [0.717, 1.165) is 12.1 Å². The number of amides is 1. The van der Waals surface area contributed by atoms with Crippen molar-refractivity contribution in [3.63, 3.8) is 0 Å². The van der Waals surface area contributed by atoms with Gasteiger partial charge in [0.1, 0.15) is 5.82 Å². The highest BCUT2D eigenvalue weighted by Gasteiger charge is 2.18. The van der Waals surface area contributed by atoms with Gasteiger partial charge in [-0.1, -0.05) is 12.1 Å². The van der Waals surface area contributed by atoms with Gasteiger partial charge in [-0.05, 0) is 37.6 Å². The zero-order valence-corrected chi connectivity index (χ0v) is 13.1. The van der Waals surface area contributed by atoms with Crippen LogP contribution in [-0.2, 0) is 0 Å². The molecule has 0 aliphatic carbocycles. The first kappa shape index (κ1) is 17.3. The molecule has 2 rings (SSSR count). The average Bonchev–Trinajstić information content (AvgIpc) is 2.54. The molecule has 1 N–H and O–H groups in total. The van der Waals surface area contributed by atoms with Crippen molar-refractivity contribution < 1.29 is 18.9 Å². The first-order valence-electron chi connectivity index (χ1n) is 7.14. The summed E-state index contributed by atoms with van der Waals surface area (Å²) in [7, 11) is 0. The van der Waals surface area contributed by atoms with Crippen molar-refractivity contribution in [1.82, 2.24) is 5.32 Å². The maximum atomic E-state index is 12.9. The Bertz CT molecular complexity index is 770. The number of hydrogen-bond donors (Lipinski definition) is 1. The fourth-order valence-electron chi connectivity index (χ4n) is 2.17. The largest absolute Gasteiger partial charge is 0.346 e. The molecule has 0 fully saturated rings. The number of ketones is 1. The molecule has 6 nitrogen and oxygen atoms in total. The second kappa shape index (κ2) is 6.99. The highest BCUT2D eigenvalue weighted by molar-refractivity contribution is 6.00. The number of rotatable bonds is 5. The smallest absolute Gasteiger partial charge is 0.270 e. The quantitative estimate of drug-likeness (QED) is 0.517. The molecule has 0 bridgehead atoms. The molecule has 1 atom stereocenters. The van der Waals surface area contributed by atoms with Crippen LogP contribution in [0.4, 0.5) is 10.1 Å². The summed E-state index contributed by atoms with van der Waals surface area (Å²) in [6.07, 6.45) is 0. The minimum absolute atomic E-state index is 0.0170. The first-order chi connectivity index (χ1) is 11.3. The van der Waals surface area contributed by atoms with Crippen LogP contribution in [0.1, 0.15) is 46.2 Å². The van der Waals surface area contributed by atoms with Gasteiger partial charge >= 0.3 is 0 Å². The molecule has 0 radical (unpaired) electrons. The van der Waals surface area contributed by atoms with E-state index in [1.54, 1.807) is 6.92 Å². The molecule has 0 aliphatic rings. The minimum Gasteiger partial charge on any atom is -0.346 e. The summed E-state index contributed by atoms with van der Waals surface area (Å²) in [5.41, 5.74) is 0.455. The average molecular weight is 330 g/mol. The summed E-state index contributed by atoms with van der Waals surface area (Å²) in [6.45, 7) is 2.97. The van der Waals surface area contributed by atoms with Crippen LogP contribution < -0.4 is 5.32 Å². The predicted molar refractivity (Wildman–Crippen MR) is 85.4 cm³/mol. The molecule has 2 aromatic carbocycles. The van der Waals surface area contributed by atoms with Gasteiger partial charge in [0.15, 0.2) is 5.78 Å². The highest BCUT2D eigenvalue weighted by Crippen LogP contribution is 2.19. The van der Waals surface area contributed by atoms with Gasteiger partial charge in [-0.2, -0.15) is 0 Å². The topological polar surface area (TPSA) is 89.3 Å². The molecule has 2 aromatic rings. The molecule has 0 saturated heterocycles. The molecular formula is C17H15FN2O4. The molecule has 24 heavy (non-hydrogen) atoms. The van der Waals surface area contributed by atoms with Gasteiger partial charge in [0.2, 0.25) is 0 Å². The number of non-ortho nitro benzene ring substituents is 1. The Balaban J connectivity index is 2.27. The third-order valence-corrected chi connectivity index (χ3v) is 3.51. The number of hydrogen-bond acceptors (Lipinski definition) is 4.